The number of amidine groups is 1. The standard InChI is InChI=1S/C14H14N2O2S/c1-17-13(9-14-15-18-19-16-14)12-7-6-10-4-2-3-5-11(10)8-12/h2-8,13H,9H2,1H3,(H,15,16). The van der Waals surface area contributed by atoms with Crippen LogP contribution in [0, 0.1) is 0 Å². The van der Waals surface area contributed by atoms with Gasteiger partial charge in [-0.15, -0.1) is 0 Å². The molecular formula is C14H14N2O2S. The molecule has 1 N–H and O–H groups in total. The molecule has 0 radical (unpaired) electrons. The SMILES string of the molecule is COC(CC1=NOSN1)c1ccc2ccccc2c1. The van der Waals surface area contributed by atoms with E-state index in [0.717, 1.165) is 23.6 Å². The minimum Gasteiger partial charge on any atom is -0.376 e. The third-order valence-corrected chi connectivity index (χ3v) is 3.62. The van der Waals surface area contributed by atoms with E-state index in [-0.39, 0.29) is 6.10 Å². The van der Waals surface area contributed by atoms with E-state index in [1.807, 2.05) is 12.1 Å². The zero-order chi connectivity index (χ0) is 13.1. The lowest BCUT2D eigenvalue weighted by Gasteiger charge is -2.15. The molecule has 98 valence electrons. The lowest BCUT2D eigenvalue weighted by atomic mass is 10.0. The van der Waals surface area contributed by atoms with Crippen LogP contribution in [0.2, 0.25) is 0 Å². The molecular weight excluding hydrogens is 260 g/mol. The molecule has 0 bridgehead atoms. The molecule has 3 rings (SSSR count). The zero-order valence-corrected chi connectivity index (χ0v) is 11.3. The monoisotopic (exact) mass is 274 g/mol. The molecule has 0 fully saturated rings. The van der Waals surface area contributed by atoms with E-state index in [2.05, 4.69) is 40.2 Å². The van der Waals surface area contributed by atoms with Crippen molar-refractivity contribution in [1.82, 2.24) is 4.72 Å². The van der Waals surface area contributed by atoms with Gasteiger partial charge in [-0.3, -0.25) is 9.01 Å². The van der Waals surface area contributed by atoms with Gasteiger partial charge in [0, 0.05) is 13.5 Å². The number of ether oxygens (including phenoxy) is 1. The van der Waals surface area contributed by atoms with Crippen molar-refractivity contribution in [1.29, 1.82) is 0 Å². The number of methoxy groups -OCH3 is 1. The molecule has 1 aliphatic heterocycles. The Morgan fingerprint density at radius 2 is 2.11 bits per heavy atom. The molecule has 0 saturated heterocycles. The van der Waals surface area contributed by atoms with Crippen LogP contribution in [0.4, 0.5) is 0 Å². The second-order valence-electron chi connectivity index (χ2n) is 4.33. The van der Waals surface area contributed by atoms with Crippen molar-refractivity contribution in [2.45, 2.75) is 12.5 Å². The summed E-state index contributed by atoms with van der Waals surface area (Å²) < 4.78 is 13.4. The summed E-state index contributed by atoms with van der Waals surface area (Å²) in [5.74, 6) is 0.796. The normalized spacial score (nSPS) is 15.7. The summed E-state index contributed by atoms with van der Waals surface area (Å²) in [6.07, 6.45) is 0.639. The number of oxime groups is 1. The fourth-order valence-corrected chi connectivity index (χ4v) is 2.53. The van der Waals surface area contributed by atoms with Crippen molar-refractivity contribution < 1.29 is 9.02 Å². The van der Waals surface area contributed by atoms with Gasteiger partial charge in [-0.1, -0.05) is 41.6 Å². The molecule has 19 heavy (non-hydrogen) atoms. The number of hydrogen-bond donors (Lipinski definition) is 1. The van der Waals surface area contributed by atoms with Gasteiger partial charge < -0.3 is 4.74 Å². The van der Waals surface area contributed by atoms with Gasteiger partial charge in [0.05, 0.1) is 6.10 Å². The molecule has 1 heterocycles. The van der Waals surface area contributed by atoms with E-state index in [1.54, 1.807) is 7.11 Å². The quantitative estimate of drug-likeness (QED) is 0.685. The number of rotatable bonds is 4. The van der Waals surface area contributed by atoms with Crippen LogP contribution in [0.1, 0.15) is 18.1 Å². The summed E-state index contributed by atoms with van der Waals surface area (Å²) in [4.78, 5) is 0. The molecule has 4 nitrogen and oxygen atoms in total. The summed E-state index contributed by atoms with van der Waals surface area (Å²) in [6, 6.07) is 14.7. The first-order valence-electron chi connectivity index (χ1n) is 6.04. The molecule has 2 aromatic rings. The van der Waals surface area contributed by atoms with E-state index in [0.29, 0.717) is 6.42 Å². The Balaban J connectivity index is 1.87. The minimum absolute atomic E-state index is 0.0295. The first kappa shape index (κ1) is 12.3. The Kier molecular flexibility index (Phi) is 3.57. The largest absolute Gasteiger partial charge is 0.376 e. The predicted octanol–water partition coefficient (Wildman–Crippen LogP) is 3.41. The van der Waals surface area contributed by atoms with Gasteiger partial charge >= 0.3 is 0 Å². The van der Waals surface area contributed by atoms with Crippen LogP contribution in [0.5, 0.6) is 0 Å². The fraction of sp³-hybridized carbons (Fsp3) is 0.214. The van der Waals surface area contributed by atoms with E-state index in [1.165, 1.54) is 10.8 Å². The molecule has 1 aliphatic rings. The van der Waals surface area contributed by atoms with Crippen molar-refractivity contribution in [2.75, 3.05) is 7.11 Å². The number of nitrogens with zero attached hydrogens (tertiary/aromatic N) is 1. The van der Waals surface area contributed by atoms with Crippen molar-refractivity contribution in [3.05, 3.63) is 48.0 Å². The Hall–Kier alpha value is -1.72. The number of fused-ring (bicyclic) bond motifs is 1. The lowest BCUT2D eigenvalue weighted by molar-refractivity contribution is 0.109. The van der Waals surface area contributed by atoms with Gasteiger partial charge in [-0.05, 0) is 22.4 Å². The predicted molar refractivity (Wildman–Crippen MR) is 77.6 cm³/mol. The Morgan fingerprint density at radius 3 is 2.84 bits per heavy atom. The average molecular weight is 274 g/mol. The molecule has 0 spiro atoms. The fourth-order valence-electron chi connectivity index (χ4n) is 2.15. The van der Waals surface area contributed by atoms with Crippen molar-refractivity contribution in [3.8, 4) is 0 Å². The maximum Gasteiger partial charge on any atom is 0.208 e. The Morgan fingerprint density at radius 1 is 1.26 bits per heavy atom. The third-order valence-electron chi connectivity index (χ3n) is 3.15. The highest BCUT2D eigenvalue weighted by atomic mass is 32.2. The van der Waals surface area contributed by atoms with Crippen LogP contribution in [-0.4, -0.2) is 12.9 Å². The first-order chi connectivity index (χ1) is 9.36. The van der Waals surface area contributed by atoms with Crippen LogP contribution in [0.25, 0.3) is 10.8 Å². The second-order valence-corrected chi connectivity index (χ2v) is 4.85. The molecule has 0 amide bonds. The molecule has 2 aromatic carbocycles. The topological polar surface area (TPSA) is 42.9 Å². The van der Waals surface area contributed by atoms with Crippen molar-refractivity contribution in [3.63, 3.8) is 0 Å². The zero-order valence-electron chi connectivity index (χ0n) is 10.5. The van der Waals surface area contributed by atoms with Crippen LogP contribution in [0.3, 0.4) is 0 Å². The number of nitrogens with one attached hydrogen (secondary N) is 1. The average Bonchev–Trinajstić information content (AvgIpc) is 2.97. The van der Waals surface area contributed by atoms with Gasteiger partial charge in [0.15, 0.2) is 5.84 Å². The second kappa shape index (κ2) is 5.50. The Labute approximate surface area is 116 Å². The van der Waals surface area contributed by atoms with Gasteiger partial charge in [0.1, 0.15) is 0 Å². The Bertz CT molecular complexity index is 615. The summed E-state index contributed by atoms with van der Waals surface area (Å²) in [5.41, 5.74) is 1.14. The van der Waals surface area contributed by atoms with Gasteiger partial charge in [-0.2, -0.15) is 0 Å². The van der Waals surface area contributed by atoms with Crippen molar-refractivity contribution >= 4 is 28.8 Å². The molecule has 5 heteroatoms. The molecule has 0 saturated carbocycles. The highest BCUT2D eigenvalue weighted by molar-refractivity contribution is 7.93. The molecule has 0 aliphatic carbocycles. The summed E-state index contributed by atoms with van der Waals surface area (Å²) in [5, 5.41) is 6.35. The lowest BCUT2D eigenvalue weighted by Crippen LogP contribution is -2.16. The number of hydrogen-bond acceptors (Lipinski definition) is 5. The van der Waals surface area contributed by atoms with Gasteiger partial charge in [0.25, 0.3) is 0 Å². The van der Waals surface area contributed by atoms with Gasteiger partial charge in [0.2, 0.25) is 12.2 Å². The van der Waals surface area contributed by atoms with Crippen molar-refractivity contribution in [2.24, 2.45) is 5.16 Å². The molecule has 1 atom stereocenters. The van der Waals surface area contributed by atoms with Crippen LogP contribution in [0.15, 0.2) is 47.6 Å². The summed E-state index contributed by atoms with van der Waals surface area (Å²) in [6.45, 7) is 0. The van der Waals surface area contributed by atoms with E-state index in [4.69, 9.17) is 9.02 Å². The van der Waals surface area contributed by atoms with E-state index >= 15 is 0 Å². The maximum atomic E-state index is 5.56. The van der Waals surface area contributed by atoms with Gasteiger partial charge in [-0.25, -0.2) is 0 Å². The summed E-state index contributed by atoms with van der Waals surface area (Å²) >= 11 is 1.12. The minimum atomic E-state index is -0.0295. The third kappa shape index (κ3) is 2.67. The molecule has 0 aromatic heterocycles. The van der Waals surface area contributed by atoms with E-state index in [9.17, 15) is 0 Å². The van der Waals surface area contributed by atoms with Crippen LogP contribution >= 0.6 is 12.2 Å². The smallest absolute Gasteiger partial charge is 0.208 e. The first-order valence-corrected chi connectivity index (χ1v) is 6.78. The molecule has 1 unspecified atom stereocenters. The highest BCUT2D eigenvalue weighted by Crippen LogP contribution is 2.26. The van der Waals surface area contributed by atoms with Crippen LogP contribution in [-0.2, 0) is 9.02 Å². The van der Waals surface area contributed by atoms with Crippen LogP contribution < -0.4 is 4.72 Å². The number of benzene rings is 2. The summed E-state index contributed by atoms with van der Waals surface area (Å²) in [7, 11) is 1.71. The maximum absolute atomic E-state index is 5.56. The highest BCUT2D eigenvalue weighted by Gasteiger charge is 2.18. The van der Waals surface area contributed by atoms with E-state index < -0.39 is 0 Å².